The van der Waals surface area contributed by atoms with Crippen LogP contribution in [0, 0.1) is 0 Å². The van der Waals surface area contributed by atoms with Crippen LogP contribution in [0.4, 0.5) is 5.69 Å². The van der Waals surface area contributed by atoms with Crippen LogP contribution < -0.4 is 10.2 Å². The molecule has 0 heterocycles. The second-order valence-corrected chi connectivity index (χ2v) is 4.89. The number of anilines is 1. The third-order valence-corrected chi connectivity index (χ3v) is 3.55. The molecule has 110 valence electrons. The Bertz CT molecular complexity index is 560. The minimum atomic E-state index is -0.0385. The summed E-state index contributed by atoms with van der Waals surface area (Å²) in [7, 11) is 0. The smallest absolute Gasteiger partial charge is 0.251 e. The summed E-state index contributed by atoms with van der Waals surface area (Å²) in [6, 6.07) is 17.6. The fourth-order valence-corrected chi connectivity index (χ4v) is 2.29. The minimum absolute atomic E-state index is 0.0385. The van der Waals surface area contributed by atoms with Gasteiger partial charge in [0.25, 0.3) is 5.91 Å². The van der Waals surface area contributed by atoms with Crippen LogP contribution >= 0.6 is 0 Å². The summed E-state index contributed by atoms with van der Waals surface area (Å²) in [6.07, 6.45) is 0. The summed E-state index contributed by atoms with van der Waals surface area (Å²) in [6.45, 7) is 6.85. The van der Waals surface area contributed by atoms with Gasteiger partial charge in [-0.3, -0.25) is 4.79 Å². The average Bonchev–Trinajstić information content (AvgIpc) is 2.55. The maximum absolute atomic E-state index is 12.0. The first-order valence-electron chi connectivity index (χ1n) is 7.41. The van der Waals surface area contributed by atoms with Gasteiger partial charge >= 0.3 is 0 Å². The minimum Gasteiger partial charge on any atom is -0.372 e. The molecule has 3 nitrogen and oxygen atoms in total. The highest BCUT2D eigenvalue weighted by Crippen LogP contribution is 2.14. The molecule has 0 bridgehead atoms. The Labute approximate surface area is 126 Å². The van der Waals surface area contributed by atoms with Gasteiger partial charge in [0.15, 0.2) is 0 Å². The Morgan fingerprint density at radius 2 is 1.57 bits per heavy atom. The predicted molar refractivity (Wildman–Crippen MR) is 87.6 cm³/mol. The molecule has 2 aromatic carbocycles. The lowest BCUT2D eigenvalue weighted by Gasteiger charge is -2.21. The summed E-state index contributed by atoms with van der Waals surface area (Å²) in [5.41, 5.74) is 3.02. The van der Waals surface area contributed by atoms with Crippen molar-refractivity contribution in [2.24, 2.45) is 0 Å². The fraction of sp³-hybridized carbons (Fsp3) is 0.278. The molecule has 2 aromatic rings. The van der Waals surface area contributed by atoms with E-state index in [9.17, 15) is 4.79 Å². The van der Waals surface area contributed by atoms with Gasteiger partial charge in [0.05, 0.1) is 0 Å². The van der Waals surface area contributed by atoms with Crippen LogP contribution in [-0.2, 0) is 6.54 Å². The lowest BCUT2D eigenvalue weighted by molar-refractivity contribution is 0.0951. The van der Waals surface area contributed by atoms with Crippen molar-refractivity contribution in [2.75, 3.05) is 18.0 Å². The van der Waals surface area contributed by atoms with Crippen molar-refractivity contribution < 1.29 is 4.79 Å². The molecule has 1 amide bonds. The molecule has 2 rings (SSSR count). The predicted octanol–water partition coefficient (Wildman–Crippen LogP) is 3.46. The number of benzene rings is 2. The summed E-state index contributed by atoms with van der Waals surface area (Å²) in [5.74, 6) is -0.0385. The molecular weight excluding hydrogens is 260 g/mol. The van der Waals surface area contributed by atoms with Gasteiger partial charge in [-0.15, -0.1) is 0 Å². The van der Waals surface area contributed by atoms with E-state index in [0.29, 0.717) is 12.1 Å². The number of hydrogen-bond donors (Lipinski definition) is 1. The first-order valence-corrected chi connectivity index (χ1v) is 7.41. The van der Waals surface area contributed by atoms with E-state index in [4.69, 9.17) is 0 Å². The maximum Gasteiger partial charge on any atom is 0.251 e. The quantitative estimate of drug-likeness (QED) is 0.880. The van der Waals surface area contributed by atoms with Crippen molar-refractivity contribution in [1.82, 2.24) is 5.32 Å². The van der Waals surface area contributed by atoms with E-state index in [1.54, 1.807) is 0 Å². The molecule has 0 aliphatic heterocycles. The second kappa shape index (κ2) is 7.48. The average molecular weight is 282 g/mol. The van der Waals surface area contributed by atoms with E-state index in [2.05, 4.69) is 48.3 Å². The third-order valence-electron chi connectivity index (χ3n) is 3.55. The highest BCUT2D eigenvalue weighted by molar-refractivity contribution is 5.94. The van der Waals surface area contributed by atoms with Crippen LogP contribution in [-0.4, -0.2) is 19.0 Å². The van der Waals surface area contributed by atoms with Crippen molar-refractivity contribution >= 4 is 11.6 Å². The van der Waals surface area contributed by atoms with E-state index in [1.807, 2.05) is 30.3 Å². The van der Waals surface area contributed by atoms with Gasteiger partial charge in [-0.25, -0.2) is 0 Å². The number of nitrogens with zero attached hydrogens (tertiary/aromatic N) is 1. The van der Waals surface area contributed by atoms with Gasteiger partial charge in [-0.2, -0.15) is 0 Å². The molecule has 0 aromatic heterocycles. The zero-order valence-electron chi connectivity index (χ0n) is 12.7. The van der Waals surface area contributed by atoms with E-state index in [0.717, 1.165) is 18.7 Å². The van der Waals surface area contributed by atoms with Crippen molar-refractivity contribution in [2.45, 2.75) is 20.4 Å². The lowest BCUT2D eigenvalue weighted by Crippen LogP contribution is -2.23. The van der Waals surface area contributed by atoms with E-state index in [1.165, 1.54) is 5.69 Å². The zero-order chi connectivity index (χ0) is 15.1. The van der Waals surface area contributed by atoms with Crippen LogP contribution in [0.3, 0.4) is 0 Å². The van der Waals surface area contributed by atoms with Crippen molar-refractivity contribution in [1.29, 1.82) is 0 Å². The molecule has 0 aliphatic carbocycles. The molecule has 0 unspecified atom stereocenters. The molecule has 3 heteroatoms. The molecule has 21 heavy (non-hydrogen) atoms. The van der Waals surface area contributed by atoms with Crippen molar-refractivity contribution in [3.63, 3.8) is 0 Å². The van der Waals surface area contributed by atoms with Gasteiger partial charge in [0.2, 0.25) is 0 Å². The summed E-state index contributed by atoms with van der Waals surface area (Å²) in [5, 5.41) is 2.94. The van der Waals surface area contributed by atoms with Crippen LogP contribution in [0.1, 0.15) is 29.8 Å². The van der Waals surface area contributed by atoms with Crippen LogP contribution in [0.25, 0.3) is 0 Å². The van der Waals surface area contributed by atoms with Crippen LogP contribution in [0.5, 0.6) is 0 Å². The number of nitrogens with one attached hydrogen (secondary N) is 1. The largest absolute Gasteiger partial charge is 0.372 e. The number of amides is 1. The van der Waals surface area contributed by atoms with Gasteiger partial charge in [-0.1, -0.05) is 30.3 Å². The second-order valence-electron chi connectivity index (χ2n) is 4.89. The Kier molecular flexibility index (Phi) is 5.38. The zero-order valence-corrected chi connectivity index (χ0v) is 12.7. The number of rotatable bonds is 6. The highest BCUT2D eigenvalue weighted by Gasteiger charge is 2.05. The third kappa shape index (κ3) is 4.09. The molecule has 0 radical (unpaired) electrons. The molecule has 0 fully saturated rings. The topological polar surface area (TPSA) is 32.3 Å². The van der Waals surface area contributed by atoms with Gasteiger partial charge < -0.3 is 10.2 Å². The Morgan fingerprint density at radius 3 is 2.14 bits per heavy atom. The first-order chi connectivity index (χ1) is 10.2. The highest BCUT2D eigenvalue weighted by atomic mass is 16.1. The standard InChI is InChI=1S/C18H22N2O/c1-3-20(4-2)17-12-10-15(11-13-17)14-19-18(21)16-8-6-5-7-9-16/h5-13H,3-4,14H2,1-2H3,(H,19,21). The van der Waals surface area contributed by atoms with Gasteiger partial charge in [-0.05, 0) is 43.7 Å². The molecular formula is C18H22N2O. The molecule has 0 saturated carbocycles. The monoisotopic (exact) mass is 282 g/mol. The Hall–Kier alpha value is -2.29. The van der Waals surface area contributed by atoms with Crippen molar-refractivity contribution in [3.8, 4) is 0 Å². The molecule has 0 saturated heterocycles. The molecule has 1 N–H and O–H groups in total. The number of carbonyl (C=O) groups excluding carboxylic acids is 1. The molecule has 0 spiro atoms. The number of carbonyl (C=O) groups is 1. The SMILES string of the molecule is CCN(CC)c1ccc(CNC(=O)c2ccccc2)cc1. The first kappa shape index (κ1) is 15.1. The summed E-state index contributed by atoms with van der Waals surface area (Å²) in [4.78, 5) is 14.3. The maximum atomic E-state index is 12.0. The van der Waals surface area contributed by atoms with Crippen LogP contribution in [0.2, 0.25) is 0 Å². The van der Waals surface area contributed by atoms with E-state index in [-0.39, 0.29) is 5.91 Å². The fourth-order valence-electron chi connectivity index (χ4n) is 2.29. The van der Waals surface area contributed by atoms with Gasteiger partial charge in [0.1, 0.15) is 0 Å². The van der Waals surface area contributed by atoms with Crippen LogP contribution in [0.15, 0.2) is 54.6 Å². The normalized spacial score (nSPS) is 10.2. The Balaban J connectivity index is 1.93. The summed E-state index contributed by atoms with van der Waals surface area (Å²) >= 11 is 0. The van der Waals surface area contributed by atoms with E-state index < -0.39 is 0 Å². The Morgan fingerprint density at radius 1 is 0.952 bits per heavy atom. The van der Waals surface area contributed by atoms with E-state index >= 15 is 0 Å². The van der Waals surface area contributed by atoms with Gasteiger partial charge in [0, 0.05) is 30.9 Å². The molecule has 0 atom stereocenters. The lowest BCUT2D eigenvalue weighted by atomic mass is 10.1. The van der Waals surface area contributed by atoms with Crippen molar-refractivity contribution in [3.05, 3.63) is 65.7 Å². The summed E-state index contributed by atoms with van der Waals surface area (Å²) < 4.78 is 0. The number of hydrogen-bond acceptors (Lipinski definition) is 2. The molecule has 0 aliphatic rings.